The Balaban J connectivity index is 1.71. The van der Waals surface area contributed by atoms with Crippen LogP contribution in [0.2, 0.25) is 5.02 Å². The van der Waals surface area contributed by atoms with Gasteiger partial charge in [-0.2, -0.15) is 0 Å². The van der Waals surface area contributed by atoms with Crippen LogP contribution in [0.4, 0.5) is 11.4 Å². The minimum absolute atomic E-state index is 0.0713. The van der Waals surface area contributed by atoms with E-state index in [0.29, 0.717) is 34.7 Å². The first-order chi connectivity index (χ1) is 14.0. The Labute approximate surface area is 179 Å². The number of halogens is 1. The fourth-order valence-electron chi connectivity index (χ4n) is 3.03. The van der Waals surface area contributed by atoms with Gasteiger partial charge < -0.3 is 25.6 Å². The number of amides is 2. The number of nitrogens with one attached hydrogen (secondary N) is 3. The Bertz CT molecular complexity index is 910. The van der Waals surface area contributed by atoms with Gasteiger partial charge >= 0.3 is 0 Å². The summed E-state index contributed by atoms with van der Waals surface area (Å²) in [6.45, 7) is 0.957. The van der Waals surface area contributed by atoms with Crippen molar-refractivity contribution in [3.63, 3.8) is 0 Å². The normalized spacial score (nSPS) is 16.0. The molecule has 0 spiro atoms. The Morgan fingerprint density at radius 2 is 2.03 bits per heavy atom. The van der Waals surface area contributed by atoms with Crippen LogP contribution in [-0.2, 0) is 9.59 Å². The highest BCUT2D eigenvalue weighted by atomic mass is 35.5. The van der Waals surface area contributed by atoms with Crippen LogP contribution in [-0.4, -0.2) is 48.1 Å². The number of carbonyl (C=O) groups is 2. The van der Waals surface area contributed by atoms with Crippen molar-refractivity contribution in [3.8, 4) is 5.75 Å². The molecule has 1 aliphatic heterocycles. The molecule has 1 atom stereocenters. The summed E-state index contributed by atoms with van der Waals surface area (Å²) in [4.78, 5) is 26.8. The molecule has 1 heterocycles. The molecule has 3 rings (SSSR count). The molecule has 2 aromatic rings. The molecule has 2 aromatic carbocycles. The minimum atomic E-state index is -0.724. The van der Waals surface area contributed by atoms with E-state index in [4.69, 9.17) is 28.6 Å². The second kappa shape index (κ2) is 9.58. The van der Waals surface area contributed by atoms with Crippen molar-refractivity contribution >= 4 is 52.1 Å². The molecule has 0 saturated carbocycles. The Morgan fingerprint density at radius 3 is 2.76 bits per heavy atom. The first-order valence-corrected chi connectivity index (χ1v) is 9.80. The number of ether oxygens (including phenoxy) is 1. The third-order valence-electron chi connectivity index (χ3n) is 4.43. The van der Waals surface area contributed by atoms with Crippen molar-refractivity contribution < 1.29 is 14.3 Å². The molecule has 0 radical (unpaired) electrons. The van der Waals surface area contributed by atoms with Crippen LogP contribution in [0.5, 0.6) is 5.75 Å². The molecule has 1 aliphatic rings. The maximum absolute atomic E-state index is 12.7. The molecule has 9 heteroatoms. The average Bonchev–Trinajstić information content (AvgIpc) is 2.70. The lowest BCUT2D eigenvalue weighted by Gasteiger charge is -2.36. The Kier molecular flexibility index (Phi) is 6.90. The SMILES string of the molecule is COc1ccc(Cl)cc1NC(=O)C[C@H]1C(=O)NCCN1C(=S)Nc1ccccc1. The molecular weight excluding hydrogens is 412 g/mol. The van der Waals surface area contributed by atoms with Gasteiger partial charge in [-0.1, -0.05) is 29.8 Å². The van der Waals surface area contributed by atoms with Gasteiger partial charge in [-0.3, -0.25) is 9.59 Å². The molecule has 0 aliphatic carbocycles. The molecule has 1 saturated heterocycles. The number of benzene rings is 2. The summed E-state index contributed by atoms with van der Waals surface area (Å²) in [6.07, 6.45) is -0.0713. The lowest BCUT2D eigenvalue weighted by molar-refractivity contribution is -0.130. The highest BCUT2D eigenvalue weighted by molar-refractivity contribution is 7.80. The molecule has 0 bridgehead atoms. The first-order valence-electron chi connectivity index (χ1n) is 9.01. The van der Waals surface area contributed by atoms with E-state index in [9.17, 15) is 9.59 Å². The van der Waals surface area contributed by atoms with E-state index in [1.54, 1.807) is 23.1 Å². The van der Waals surface area contributed by atoms with Crippen LogP contribution in [0.3, 0.4) is 0 Å². The summed E-state index contributed by atoms with van der Waals surface area (Å²) in [5.41, 5.74) is 1.26. The Morgan fingerprint density at radius 1 is 1.28 bits per heavy atom. The second-order valence-electron chi connectivity index (χ2n) is 6.39. The molecule has 2 amide bonds. The van der Waals surface area contributed by atoms with E-state index >= 15 is 0 Å². The zero-order valence-corrected chi connectivity index (χ0v) is 17.3. The van der Waals surface area contributed by atoms with Crippen LogP contribution in [0, 0.1) is 0 Å². The number of hydrogen-bond donors (Lipinski definition) is 3. The predicted octanol–water partition coefficient (Wildman–Crippen LogP) is 2.87. The largest absolute Gasteiger partial charge is 0.495 e. The number of anilines is 2. The highest BCUT2D eigenvalue weighted by Gasteiger charge is 2.33. The van der Waals surface area contributed by atoms with Crippen LogP contribution < -0.4 is 20.7 Å². The van der Waals surface area contributed by atoms with Gasteiger partial charge in [-0.15, -0.1) is 0 Å². The van der Waals surface area contributed by atoms with Crippen LogP contribution in [0.15, 0.2) is 48.5 Å². The van der Waals surface area contributed by atoms with E-state index in [1.807, 2.05) is 30.3 Å². The van der Waals surface area contributed by atoms with Crippen LogP contribution in [0.1, 0.15) is 6.42 Å². The molecule has 3 N–H and O–H groups in total. The number of hydrogen-bond acceptors (Lipinski definition) is 4. The molecule has 7 nitrogen and oxygen atoms in total. The first kappa shape index (κ1) is 20.9. The topological polar surface area (TPSA) is 82.7 Å². The molecule has 0 aromatic heterocycles. The standard InChI is InChI=1S/C20H21ClN4O3S/c1-28-17-8-7-13(21)11-15(17)24-18(26)12-16-19(27)22-9-10-25(16)20(29)23-14-5-3-2-4-6-14/h2-8,11,16H,9-10,12H2,1H3,(H,22,27)(H,23,29)(H,24,26)/t16-/m0/s1. The van der Waals surface area contributed by atoms with Crippen molar-refractivity contribution in [1.82, 2.24) is 10.2 Å². The predicted molar refractivity (Wildman–Crippen MR) is 117 cm³/mol. The van der Waals surface area contributed by atoms with E-state index in [0.717, 1.165) is 5.69 Å². The maximum Gasteiger partial charge on any atom is 0.243 e. The average molecular weight is 433 g/mol. The van der Waals surface area contributed by atoms with Crippen molar-refractivity contribution in [3.05, 3.63) is 53.6 Å². The van der Waals surface area contributed by atoms with Gasteiger partial charge in [0, 0.05) is 23.8 Å². The van der Waals surface area contributed by atoms with Crippen LogP contribution in [0.25, 0.3) is 0 Å². The van der Waals surface area contributed by atoms with Crippen molar-refractivity contribution in [2.24, 2.45) is 0 Å². The van der Waals surface area contributed by atoms with Gasteiger partial charge in [-0.25, -0.2) is 0 Å². The second-order valence-corrected chi connectivity index (χ2v) is 7.22. The van der Waals surface area contributed by atoms with E-state index in [2.05, 4.69) is 16.0 Å². The smallest absolute Gasteiger partial charge is 0.243 e. The molecule has 1 fully saturated rings. The number of methoxy groups -OCH3 is 1. The molecule has 0 unspecified atom stereocenters. The number of rotatable bonds is 5. The van der Waals surface area contributed by atoms with E-state index in [1.165, 1.54) is 7.11 Å². The number of thiocarbonyl (C=S) groups is 1. The van der Waals surface area contributed by atoms with Gasteiger partial charge in [-0.05, 0) is 42.5 Å². The van der Waals surface area contributed by atoms with Gasteiger partial charge in [0.1, 0.15) is 11.8 Å². The fraction of sp³-hybridized carbons (Fsp3) is 0.250. The summed E-state index contributed by atoms with van der Waals surface area (Å²) < 4.78 is 5.24. The summed E-state index contributed by atoms with van der Waals surface area (Å²) in [5, 5.41) is 9.52. The number of para-hydroxylation sites is 1. The number of carbonyl (C=O) groups excluding carboxylic acids is 2. The van der Waals surface area contributed by atoms with Crippen molar-refractivity contribution in [1.29, 1.82) is 0 Å². The molecular formula is C20H21ClN4O3S. The highest BCUT2D eigenvalue weighted by Crippen LogP contribution is 2.28. The van der Waals surface area contributed by atoms with Crippen LogP contribution >= 0.6 is 23.8 Å². The summed E-state index contributed by atoms with van der Waals surface area (Å²) >= 11 is 11.5. The Hall–Kier alpha value is -2.84. The maximum atomic E-state index is 12.7. The summed E-state index contributed by atoms with van der Waals surface area (Å²) in [6, 6.07) is 13.6. The fourth-order valence-corrected chi connectivity index (χ4v) is 3.54. The van der Waals surface area contributed by atoms with Gasteiger partial charge in [0.05, 0.1) is 19.2 Å². The number of nitrogens with zero attached hydrogens (tertiary/aromatic N) is 1. The third-order valence-corrected chi connectivity index (χ3v) is 5.00. The van der Waals surface area contributed by atoms with Crippen molar-refractivity contribution in [2.45, 2.75) is 12.5 Å². The molecule has 29 heavy (non-hydrogen) atoms. The number of piperazine rings is 1. The van der Waals surface area contributed by atoms with Gasteiger partial charge in [0.2, 0.25) is 11.8 Å². The molecule has 152 valence electrons. The van der Waals surface area contributed by atoms with Crippen molar-refractivity contribution in [2.75, 3.05) is 30.8 Å². The zero-order valence-electron chi connectivity index (χ0n) is 15.8. The van der Waals surface area contributed by atoms with Gasteiger partial charge in [0.25, 0.3) is 0 Å². The summed E-state index contributed by atoms with van der Waals surface area (Å²) in [7, 11) is 1.50. The third kappa shape index (κ3) is 5.36. The quantitative estimate of drug-likeness (QED) is 0.630. The lowest BCUT2D eigenvalue weighted by Crippen LogP contribution is -2.58. The van der Waals surface area contributed by atoms with E-state index in [-0.39, 0.29) is 18.2 Å². The minimum Gasteiger partial charge on any atom is -0.495 e. The lowest BCUT2D eigenvalue weighted by atomic mass is 10.1. The monoisotopic (exact) mass is 432 g/mol. The zero-order chi connectivity index (χ0) is 20.8. The summed E-state index contributed by atoms with van der Waals surface area (Å²) in [5.74, 6) is -0.115. The van der Waals surface area contributed by atoms with Gasteiger partial charge in [0.15, 0.2) is 5.11 Å². The van der Waals surface area contributed by atoms with E-state index < -0.39 is 6.04 Å².